The molecule has 6 heteroatoms. The molecule has 0 aromatic rings. The Morgan fingerprint density at radius 3 is 2.57 bits per heavy atom. The van der Waals surface area contributed by atoms with Gasteiger partial charge < -0.3 is 5.11 Å². The third kappa shape index (κ3) is 2.45. The number of nitrogens with zero attached hydrogens (tertiary/aromatic N) is 1. The highest BCUT2D eigenvalue weighted by molar-refractivity contribution is 7.89. The molecule has 5 nitrogen and oxygen atoms in total. The summed E-state index contributed by atoms with van der Waals surface area (Å²) in [6, 6.07) is -0.442. The number of hydrogen-bond donors (Lipinski definition) is 1. The molecule has 1 heterocycles. The molecule has 0 aliphatic carbocycles. The number of hydrogen-bond acceptors (Lipinski definition) is 3. The number of sulfonamides is 1. The Hall–Kier alpha value is -0.620. The Balaban J connectivity index is 2.73. The lowest BCUT2D eigenvalue weighted by Crippen LogP contribution is -2.36. The molecule has 0 aromatic carbocycles. The summed E-state index contributed by atoms with van der Waals surface area (Å²) >= 11 is 0. The van der Waals surface area contributed by atoms with Gasteiger partial charge in [-0.1, -0.05) is 6.92 Å². The minimum Gasteiger partial charge on any atom is -0.481 e. The van der Waals surface area contributed by atoms with Crippen LogP contribution in [-0.2, 0) is 14.8 Å². The predicted molar refractivity (Wildman–Crippen MR) is 51.4 cm³/mol. The number of rotatable bonds is 3. The van der Waals surface area contributed by atoms with Crippen molar-refractivity contribution in [2.75, 3.05) is 12.3 Å². The summed E-state index contributed by atoms with van der Waals surface area (Å²) in [4.78, 5) is 10.4. The zero-order valence-corrected chi connectivity index (χ0v) is 9.12. The van der Waals surface area contributed by atoms with Crippen molar-refractivity contribution in [3.8, 4) is 0 Å². The van der Waals surface area contributed by atoms with E-state index in [2.05, 4.69) is 0 Å². The monoisotopic (exact) mass is 221 g/mol. The van der Waals surface area contributed by atoms with E-state index in [0.717, 1.165) is 0 Å². The average molecular weight is 221 g/mol. The maximum Gasteiger partial charge on any atom is 0.304 e. The Morgan fingerprint density at radius 1 is 1.64 bits per heavy atom. The summed E-state index contributed by atoms with van der Waals surface area (Å²) in [6.45, 7) is 3.92. The van der Waals surface area contributed by atoms with Crippen LogP contribution in [-0.4, -0.2) is 42.1 Å². The minimum absolute atomic E-state index is 0.0937. The van der Waals surface area contributed by atoms with Crippen LogP contribution in [0.3, 0.4) is 0 Å². The third-order valence-corrected chi connectivity index (χ3v) is 4.52. The number of carbonyl (C=O) groups is 1. The van der Waals surface area contributed by atoms with Gasteiger partial charge in [0, 0.05) is 12.6 Å². The maximum absolute atomic E-state index is 11.5. The van der Waals surface area contributed by atoms with Crippen LogP contribution < -0.4 is 0 Å². The van der Waals surface area contributed by atoms with E-state index in [4.69, 9.17) is 5.11 Å². The molecule has 82 valence electrons. The number of aliphatic carboxylic acids is 1. The van der Waals surface area contributed by atoms with Gasteiger partial charge in [-0.25, -0.2) is 8.42 Å². The highest BCUT2D eigenvalue weighted by atomic mass is 32.2. The Kier molecular flexibility index (Phi) is 3.16. The van der Waals surface area contributed by atoms with Crippen molar-refractivity contribution in [1.82, 2.24) is 4.31 Å². The third-order valence-electron chi connectivity index (χ3n) is 2.31. The Labute approximate surface area is 83.8 Å². The molecule has 1 saturated heterocycles. The minimum atomic E-state index is -3.21. The molecular formula is C8H15NO4S. The van der Waals surface area contributed by atoms with E-state index < -0.39 is 22.0 Å². The van der Waals surface area contributed by atoms with Crippen molar-refractivity contribution in [1.29, 1.82) is 0 Å². The first kappa shape index (κ1) is 11.5. The summed E-state index contributed by atoms with van der Waals surface area (Å²) in [6.07, 6.45) is -0.133. The van der Waals surface area contributed by atoms with Crippen molar-refractivity contribution < 1.29 is 18.3 Å². The van der Waals surface area contributed by atoms with Crippen LogP contribution in [0.4, 0.5) is 0 Å². The second-order valence-corrected chi connectivity index (χ2v) is 5.87. The molecule has 0 radical (unpaired) electrons. The summed E-state index contributed by atoms with van der Waals surface area (Å²) in [5, 5.41) is 8.56. The van der Waals surface area contributed by atoms with Gasteiger partial charge in [0.25, 0.3) is 0 Å². The zero-order valence-electron chi connectivity index (χ0n) is 8.30. The van der Waals surface area contributed by atoms with Crippen molar-refractivity contribution in [2.24, 2.45) is 5.92 Å². The van der Waals surface area contributed by atoms with E-state index in [1.165, 1.54) is 4.31 Å². The molecule has 2 atom stereocenters. The van der Waals surface area contributed by atoms with Crippen LogP contribution in [0.25, 0.3) is 0 Å². The second-order valence-electron chi connectivity index (χ2n) is 3.90. The van der Waals surface area contributed by atoms with Crippen molar-refractivity contribution >= 4 is 16.0 Å². The number of carboxylic acid groups (broad SMARTS) is 1. The largest absolute Gasteiger partial charge is 0.481 e. The standard InChI is InChI=1S/C8H15NO4S/c1-6-4-9(14(12,13)5-6)7(2)3-8(10)11/h6-7H,3-5H2,1-2H3,(H,10,11). The van der Waals surface area contributed by atoms with Crippen molar-refractivity contribution in [2.45, 2.75) is 26.3 Å². The van der Waals surface area contributed by atoms with Crippen molar-refractivity contribution in [3.63, 3.8) is 0 Å². The van der Waals surface area contributed by atoms with E-state index in [1.807, 2.05) is 6.92 Å². The fourth-order valence-electron chi connectivity index (χ4n) is 1.74. The Morgan fingerprint density at radius 2 is 2.21 bits per heavy atom. The van der Waals surface area contributed by atoms with Crippen LogP contribution in [0.1, 0.15) is 20.3 Å². The van der Waals surface area contributed by atoms with Gasteiger partial charge in [-0.05, 0) is 12.8 Å². The fourth-order valence-corrected chi connectivity index (χ4v) is 3.86. The molecule has 0 bridgehead atoms. The van der Waals surface area contributed by atoms with Crippen LogP contribution in [0.2, 0.25) is 0 Å². The van der Waals surface area contributed by atoms with E-state index in [9.17, 15) is 13.2 Å². The molecule has 1 fully saturated rings. The molecule has 0 saturated carbocycles. The van der Waals surface area contributed by atoms with Crippen LogP contribution in [0, 0.1) is 5.92 Å². The molecule has 0 amide bonds. The second kappa shape index (κ2) is 3.86. The quantitative estimate of drug-likeness (QED) is 0.735. The van der Waals surface area contributed by atoms with Gasteiger partial charge in [0.05, 0.1) is 12.2 Å². The van der Waals surface area contributed by atoms with Gasteiger partial charge in [-0.2, -0.15) is 4.31 Å². The lowest BCUT2D eigenvalue weighted by molar-refractivity contribution is -0.137. The topological polar surface area (TPSA) is 74.7 Å². The summed E-state index contributed by atoms with van der Waals surface area (Å²) in [5.74, 6) is -0.736. The predicted octanol–water partition coefficient (Wildman–Crippen LogP) is 0.131. The maximum atomic E-state index is 11.5. The van der Waals surface area contributed by atoms with E-state index >= 15 is 0 Å². The van der Waals surface area contributed by atoms with Crippen molar-refractivity contribution in [3.05, 3.63) is 0 Å². The molecule has 0 spiro atoms. The molecule has 1 aliphatic rings. The summed E-state index contributed by atoms with van der Waals surface area (Å²) in [5.41, 5.74) is 0. The van der Waals surface area contributed by atoms with Crippen LogP contribution in [0.15, 0.2) is 0 Å². The molecule has 0 aromatic heterocycles. The average Bonchev–Trinajstić information content (AvgIpc) is 2.22. The highest BCUT2D eigenvalue weighted by Gasteiger charge is 2.37. The molecule has 1 rings (SSSR count). The molecular weight excluding hydrogens is 206 g/mol. The lowest BCUT2D eigenvalue weighted by Gasteiger charge is -2.21. The van der Waals surface area contributed by atoms with E-state index in [-0.39, 0.29) is 18.1 Å². The molecule has 1 N–H and O–H groups in total. The smallest absolute Gasteiger partial charge is 0.304 e. The summed E-state index contributed by atoms with van der Waals surface area (Å²) < 4.78 is 24.4. The van der Waals surface area contributed by atoms with Gasteiger partial charge in [-0.3, -0.25) is 4.79 Å². The van der Waals surface area contributed by atoms with E-state index in [0.29, 0.717) is 6.54 Å². The molecule has 14 heavy (non-hydrogen) atoms. The van der Waals surface area contributed by atoms with E-state index in [1.54, 1.807) is 6.92 Å². The fraction of sp³-hybridized carbons (Fsp3) is 0.875. The van der Waals surface area contributed by atoms with Gasteiger partial charge in [-0.15, -0.1) is 0 Å². The lowest BCUT2D eigenvalue weighted by atomic mass is 10.2. The van der Waals surface area contributed by atoms with Gasteiger partial charge >= 0.3 is 5.97 Å². The van der Waals surface area contributed by atoms with Gasteiger partial charge in [0.2, 0.25) is 10.0 Å². The first-order chi connectivity index (χ1) is 6.33. The van der Waals surface area contributed by atoms with Crippen LogP contribution in [0.5, 0.6) is 0 Å². The van der Waals surface area contributed by atoms with Crippen LogP contribution >= 0.6 is 0 Å². The van der Waals surface area contributed by atoms with Gasteiger partial charge in [0.15, 0.2) is 0 Å². The SMILES string of the molecule is CC1CN(C(C)CC(=O)O)S(=O)(=O)C1. The Bertz CT molecular complexity index is 324. The summed E-state index contributed by atoms with van der Waals surface area (Å²) in [7, 11) is -3.21. The molecule has 1 aliphatic heterocycles. The normalized spacial score (nSPS) is 28.9. The first-order valence-corrected chi connectivity index (χ1v) is 6.15. The molecule has 2 unspecified atom stereocenters. The van der Waals surface area contributed by atoms with Gasteiger partial charge in [0.1, 0.15) is 0 Å². The highest BCUT2D eigenvalue weighted by Crippen LogP contribution is 2.22. The zero-order chi connectivity index (χ0) is 10.9. The number of carboxylic acids is 1. The first-order valence-electron chi connectivity index (χ1n) is 4.54.